The summed E-state index contributed by atoms with van der Waals surface area (Å²) < 4.78 is 48.1. The summed E-state index contributed by atoms with van der Waals surface area (Å²) in [5, 5.41) is 3.94. The van der Waals surface area contributed by atoms with Crippen LogP contribution in [0.15, 0.2) is 35.1 Å². The van der Waals surface area contributed by atoms with E-state index in [9.17, 15) is 22.8 Å². The molecule has 0 saturated heterocycles. The molecule has 0 aliphatic carbocycles. The van der Waals surface area contributed by atoms with Crippen LogP contribution in [-0.4, -0.2) is 32.5 Å². The molecule has 1 atom stereocenters. The van der Waals surface area contributed by atoms with E-state index in [1.165, 1.54) is 31.5 Å². The van der Waals surface area contributed by atoms with E-state index < -0.39 is 23.7 Å². The fourth-order valence-electron chi connectivity index (χ4n) is 3.07. The van der Waals surface area contributed by atoms with Gasteiger partial charge in [0, 0.05) is 6.42 Å². The average Bonchev–Trinajstić information content (AvgIpc) is 3.30. The highest BCUT2D eigenvalue weighted by molar-refractivity contribution is 6.06. The number of hydrogen-bond donors (Lipinski definition) is 2. The van der Waals surface area contributed by atoms with Crippen LogP contribution >= 0.6 is 0 Å². The Hall–Kier alpha value is -3.37. The molecule has 1 unspecified atom stereocenters. The lowest BCUT2D eigenvalue weighted by atomic mass is 10.1. The van der Waals surface area contributed by atoms with Gasteiger partial charge in [-0.15, -0.1) is 0 Å². The van der Waals surface area contributed by atoms with Crippen LogP contribution in [-0.2, 0) is 15.3 Å². The maximum absolute atomic E-state index is 14.1. The molecule has 11 heteroatoms. The van der Waals surface area contributed by atoms with Crippen LogP contribution < -0.4 is 10.6 Å². The van der Waals surface area contributed by atoms with Gasteiger partial charge < -0.3 is 9.73 Å². The number of nitrogens with zero attached hydrogens (tertiary/aromatic N) is 3. The summed E-state index contributed by atoms with van der Waals surface area (Å²) >= 11 is 0. The van der Waals surface area contributed by atoms with Gasteiger partial charge in [0.1, 0.15) is 11.8 Å². The number of amides is 2. The zero-order valence-electron chi connectivity index (χ0n) is 13.8. The lowest BCUT2D eigenvalue weighted by Gasteiger charge is -2.31. The predicted molar refractivity (Wildman–Crippen MR) is 86.3 cm³/mol. The zero-order chi connectivity index (χ0) is 19.4. The van der Waals surface area contributed by atoms with Gasteiger partial charge in [0.15, 0.2) is 0 Å². The fourth-order valence-corrected chi connectivity index (χ4v) is 3.07. The fraction of sp³-hybridized carbons (Fsp3) is 0.250. The van der Waals surface area contributed by atoms with Crippen molar-refractivity contribution in [1.29, 1.82) is 0 Å². The van der Waals surface area contributed by atoms with E-state index in [4.69, 9.17) is 4.42 Å². The molecule has 0 spiro atoms. The summed E-state index contributed by atoms with van der Waals surface area (Å²) in [6.45, 7) is 1.39. The van der Waals surface area contributed by atoms with Crippen molar-refractivity contribution in [3.05, 3.63) is 30.7 Å². The van der Waals surface area contributed by atoms with E-state index >= 15 is 0 Å². The lowest BCUT2D eigenvalue weighted by Crippen LogP contribution is -2.63. The van der Waals surface area contributed by atoms with Gasteiger partial charge in [-0.2, -0.15) is 13.2 Å². The predicted octanol–water partition coefficient (Wildman–Crippen LogP) is 2.38. The topological polar surface area (TPSA) is 102 Å². The Morgan fingerprint density at radius 1 is 1.41 bits per heavy atom. The molecule has 2 aromatic heterocycles. The molecule has 1 aliphatic heterocycles. The second-order valence-electron chi connectivity index (χ2n) is 5.85. The van der Waals surface area contributed by atoms with Crippen molar-refractivity contribution in [2.75, 3.05) is 5.32 Å². The number of imidazole rings is 1. The van der Waals surface area contributed by atoms with Gasteiger partial charge in [-0.3, -0.25) is 19.5 Å². The molecule has 0 radical (unpaired) electrons. The number of hydrogen-bond acceptors (Lipinski definition) is 5. The molecule has 2 N–H and O–H groups in total. The maximum atomic E-state index is 14.1. The summed E-state index contributed by atoms with van der Waals surface area (Å²) in [6, 6.07) is 4.44. The van der Waals surface area contributed by atoms with Crippen LogP contribution in [0.4, 0.5) is 19.1 Å². The van der Waals surface area contributed by atoms with Crippen molar-refractivity contribution >= 4 is 28.8 Å². The third-order valence-corrected chi connectivity index (χ3v) is 4.29. The molecular weight excluding hydrogens is 367 g/mol. The van der Waals surface area contributed by atoms with Gasteiger partial charge in [0.05, 0.1) is 17.3 Å². The third-order valence-electron chi connectivity index (χ3n) is 4.29. The molecule has 140 valence electrons. The number of aromatic nitrogens is 3. The van der Waals surface area contributed by atoms with Crippen molar-refractivity contribution in [2.24, 2.45) is 0 Å². The van der Waals surface area contributed by atoms with Gasteiger partial charge in [-0.25, -0.2) is 9.97 Å². The zero-order valence-corrected chi connectivity index (χ0v) is 13.8. The van der Waals surface area contributed by atoms with Crippen LogP contribution in [0.25, 0.3) is 22.5 Å². The first kappa shape index (κ1) is 17.1. The Labute approximate surface area is 149 Å². The van der Waals surface area contributed by atoms with Gasteiger partial charge in [0.25, 0.3) is 11.6 Å². The first-order valence-electron chi connectivity index (χ1n) is 7.90. The van der Waals surface area contributed by atoms with Crippen LogP contribution in [0.1, 0.15) is 13.3 Å². The number of rotatable bonds is 3. The molecule has 1 aromatic carbocycles. The standard InChI is InChI=1S/C16H12F3N5O3/c1-2-10(25)23-15(16(17,18)19)13(26)22-14-21-11-8(12-20-6-7-27-12)4-3-5-9(11)24(14)15/h3-7H,2H2,1H3,(H,23,25)(H,21,22,26). The number of nitrogens with one attached hydrogen (secondary N) is 2. The average molecular weight is 379 g/mol. The number of carbonyl (C=O) groups is 2. The maximum Gasteiger partial charge on any atom is 0.440 e. The van der Waals surface area contributed by atoms with Crippen molar-refractivity contribution in [1.82, 2.24) is 19.9 Å². The number of benzene rings is 1. The SMILES string of the molecule is CCC(=O)NC1(C(F)(F)F)C(=O)Nc2nc3c(-c4ncco4)cccc3n21. The summed E-state index contributed by atoms with van der Waals surface area (Å²) in [6.07, 6.45) is -2.63. The monoisotopic (exact) mass is 379 g/mol. The summed E-state index contributed by atoms with van der Waals surface area (Å²) in [4.78, 5) is 32.3. The second kappa shape index (κ2) is 5.56. The summed E-state index contributed by atoms with van der Waals surface area (Å²) in [7, 11) is 0. The highest BCUT2D eigenvalue weighted by Gasteiger charge is 2.67. The molecule has 0 fully saturated rings. The Morgan fingerprint density at radius 3 is 2.81 bits per heavy atom. The highest BCUT2D eigenvalue weighted by atomic mass is 19.4. The number of carbonyl (C=O) groups excluding carboxylic acids is 2. The minimum absolute atomic E-state index is 0.00669. The number of oxazole rings is 1. The Balaban J connectivity index is 2.02. The molecule has 8 nitrogen and oxygen atoms in total. The number of para-hydroxylation sites is 1. The number of anilines is 1. The van der Waals surface area contributed by atoms with Gasteiger partial charge in [0.2, 0.25) is 17.7 Å². The van der Waals surface area contributed by atoms with E-state index in [0.29, 0.717) is 10.1 Å². The molecule has 0 bridgehead atoms. The quantitative estimate of drug-likeness (QED) is 0.728. The van der Waals surface area contributed by atoms with E-state index in [0.717, 1.165) is 0 Å². The Bertz CT molecular complexity index is 1060. The highest BCUT2D eigenvalue weighted by Crippen LogP contribution is 2.45. The van der Waals surface area contributed by atoms with Crippen molar-refractivity contribution in [3.63, 3.8) is 0 Å². The van der Waals surface area contributed by atoms with Gasteiger partial charge >= 0.3 is 6.18 Å². The third kappa shape index (κ3) is 2.24. The summed E-state index contributed by atoms with van der Waals surface area (Å²) in [5.41, 5.74) is -2.80. The van der Waals surface area contributed by atoms with E-state index in [-0.39, 0.29) is 29.3 Å². The molecule has 27 heavy (non-hydrogen) atoms. The summed E-state index contributed by atoms with van der Waals surface area (Å²) in [5.74, 6) is -2.52. The van der Waals surface area contributed by atoms with Crippen molar-refractivity contribution < 1.29 is 27.2 Å². The largest absolute Gasteiger partial charge is 0.444 e. The molecule has 1 aliphatic rings. The smallest absolute Gasteiger partial charge is 0.440 e. The Kier molecular flexibility index (Phi) is 3.52. The van der Waals surface area contributed by atoms with Gasteiger partial charge in [-0.05, 0) is 12.1 Å². The normalized spacial score (nSPS) is 19.2. The first-order chi connectivity index (χ1) is 12.8. The van der Waals surface area contributed by atoms with Crippen molar-refractivity contribution in [2.45, 2.75) is 25.2 Å². The van der Waals surface area contributed by atoms with E-state index in [1.54, 1.807) is 6.07 Å². The van der Waals surface area contributed by atoms with Crippen LogP contribution in [0.3, 0.4) is 0 Å². The molecule has 2 amide bonds. The molecule has 0 saturated carbocycles. The van der Waals surface area contributed by atoms with Crippen LogP contribution in [0, 0.1) is 0 Å². The number of fused-ring (bicyclic) bond motifs is 3. The van der Waals surface area contributed by atoms with Crippen LogP contribution in [0.5, 0.6) is 0 Å². The van der Waals surface area contributed by atoms with Crippen molar-refractivity contribution in [3.8, 4) is 11.5 Å². The van der Waals surface area contributed by atoms with E-state index in [1.807, 2.05) is 5.32 Å². The molecule has 4 rings (SSSR count). The second-order valence-corrected chi connectivity index (χ2v) is 5.85. The van der Waals surface area contributed by atoms with Gasteiger partial charge in [-0.1, -0.05) is 13.0 Å². The molecule has 3 aromatic rings. The first-order valence-corrected chi connectivity index (χ1v) is 7.90. The Morgan fingerprint density at radius 2 is 2.19 bits per heavy atom. The number of alkyl halides is 3. The van der Waals surface area contributed by atoms with E-state index in [2.05, 4.69) is 15.3 Å². The minimum atomic E-state index is -5.11. The molecular formula is C16H12F3N5O3. The van der Waals surface area contributed by atoms with Crippen LogP contribution in [0.2, 0.25) is 0 Å². The minimum Gasteiger partial charge on any atom is -0.444 e. The lowest BCUT2D eigenvalue weighted by molar-refractivity contribution is -0.217. The number of halogens is 3. The molecule has 3 heterocycles.